The standard InChI is InChI=1S/C13H21N3/c1-9-5-4-6-16(11(9)3)13-7-10(2)12(14)8-15-13/h7-9,11H,4-6,14H2,1-3H3. The van der Waals surface area contributed by atoms with Gasteiger partial charge in [-0.25, -0.2) is 4.98 Å². The van der Waals surface area contributed by atoms with E-state index in [1.54, 1.807) is 6.20 Å². The second kappa shape index (κ2) is 4.32. The summed E-state index contributed by atoms with van der Waals surface area (Å²) in [4.78, 5) is 6.85. The van der Waals surface area contributed by atoms with Crippen molar-refractivity contribution in [1.82, 2.24) is 4.98 Å². The molecule has 3 heteroatoms. The van der Waals surface area contributed by atoms with Gasteiger partial charge in [-0.05, 0) is 44.2 Å². The van der Waals surface area contributed by atoms with Crippen LogP contribution in [0.1, 0.15) is 32.3 Å². The van der Waals surface area contributed by atoms with Gasteiger partial charge in [0.2, 0.25) is 0 Å². The van der Waals surface area contributed by atoms with Gasteiger partial charge in [-0.15, -0.1) is 0 Å². The predicted octanol–water partition coefficient (Wildman–Crippen LogP) is 2.60. The molecule has 1 aliphatic rings. The van der Waals surface area contributed by atoms with Crippen LogP contribution in [-0.2, 0) is 0 Å². The van der Waals surface area contributed by atoms with Gasteiger partial charge in [0.05, 0.1) is 11.9 Å². The summed E-state index contributed by atoms with van der Waals surface area (Å²) in [7, 11) is 0. The fraction of sp³-hybridized carbons (Fsp3) is 0.615. The largest absolute Gasteiger partial charge is 0.397 e. The van der Waals surface area contributed by atoms with Crippen LogP contribution in [0.15, 0.2) is 12.3 Å². The fourth-order valence-electron chi connectivity index (χ4n) is 2.37. The van der Waals surface area contributed by atoms with Crippen LogP contribution < -0.4 is 10.6 Å². The van der Waals surface area contributed by atoms with Crippen LogP contribution >= 0.6 is 0 Å². The van der Waals surface area contributed by atoms with Crippen LogP contribution in [0, 0.1) is 12.8 Å². The lowest BCUT2D eigenvalue weighted by atomic mass is 9.92. The summed E-state index contributed by atoms with van der Waals surface area (Å²) in [5.74, 6) is 1.82. The molecule has 2 heterocycles. The van der Waals surface area contributed by atoms with Crippen molar-refractivity contribution in [2.45, 2.75) is 39.7 Å². The zero-order chi connectivity index (χ0) is 11.7. The molecule has 0 radical (unpaired) electrons. The third-order valence-corrected chi connectivity index (χ3v) is 3.80. The second-order valence-electron chi connectivity index (χ2n) is 4.95. The molecule has 0 amide bonds. The van der Waals surface area contributed by atoms with Gasteiger partial charge in [0, 0.05) is 12.6 Å². The van der Waals surface area contributed by atoms with E-state index in [-0.39, 0.29) is 0 Å². The quantitative estimate of drug-likeness (QED) is 0.789. The number of hydrogen-bond donors (Lipinski definition) is 1. The van der Waals surface area contributed by atoms with Crippen molar-refractivity contribution in [2.24, 2.45) is 5.92 Å². The zero-order valence-electron chi connectivity index (χ0n) is 10.4. The number of piperidine rings is 1. The molecule has 1 aromatic heterocycles. The minimum Gasteiger partial charge on any atom is -0.397 e. The first-order chi connectivity index (χ1) is 7.59. The first-order valence-corrected chi connectivity index (χ1v) is 6.08. The summed E-state index contributed by atoms with van der Waals surface area (Å²) in [6.45, 7) is 7.76. The molecule has 1 saturated heterocycles. The molecule has 0 saturated carbocycles. The van der Waals surface area contributed by atoms with E-state index < -0.39 is 0 Å². The van der Waals surface area contributed by atoms with E-state index in [4.69, 9.17) is 5.73 Å². The van der Waals surface area contributed by atoms with Gasteiger partial charge < -0.3 is 10.6 Å². The van der Waals surface area contributed by atoms with Gasteiger partial charge >= 0.3 is 0 Å². The average Bonchev–Trinajstić information content (AvgIpc) is 2.26. The van der Waals surface area contributed by atoms with E-state index in [1.165, 1.54) is 12.8 Å². The maximum absolute atomic E-state index is 5.80. The highest BCUT2D eigenvalue weighted by atomic mass is 15.2. The Bertz CT molecular complexity index is 375. The van der Waals surface area contributed by atoms with Crippen LogP contribution in [0.3, 0.4) is 0 Å². The molecule has 16 heavy (non-hydrogen) atoms. The maximum atomic E-state index is 5.80. The van der Waals surface area contributed by atoms with Gasteiger partial charge in [0.15, 0.2) is 0 Å². The van der Waals surface area contributed by atoms with Crippen molar-refractivity contribution in [3.63, 3.8) is 0 Å². The van der Waals surface area contributed by atoms with E-state index in [0.717, 1.165) is 29.5 Å². The van der Waals surface area contributed by atoms with Crippen molar-refractivity contribution in [2.75, 3.05) is 17.2 Å². The summed E-state index contributed by atoms with van der Waals surface area (Å²) in [5.41, 5.74) is 7.70. The van der Waals surface area contributed by atoms with Crippen LogP contribution in [-0.4, -0.2) is 17.6 Å². The van der Waals surface area contributed by atoms with E-state index in [0.29, 0.717) is 6.04 Å². The number of hydrogen-bond acceptors (Lipinski definition) is 3. The summed E-state index contributed by atoms with van der Waals surface area (Å²) >= 11 is 0. The van der Waals surface area contributed by atoms with E-state index in [9.17, 15) is 0 Å². The Morgan fingerprint density at radius 3 is 2.88 bits per heavy atom. The van der Waals surface area contributed by atoms with Crippen LogP contribution in [0.25, 0.3) is 0 Å². The zero-order valence-corrected chi connectivity index (χ0v) is 10.4. The molecule has 2 N–H and O–H groups in total. The number of nitrogen functional groups attached to an aromatic ring is 1. The Morgan fingerprint density at radius 1 is 1.44 bits per heavy atom. The molecule has 88 valence electrons. The summed E-state index contributed by atoms with van der Waals surface area (Å²) in [6.07, 6.45) is 4.36. The van der Waals surface area contributed by atoms with Crippen LogP contribution in [0.4, 0.5) is 11.5 Å². The van der Waals surface area contributed by atoms with Gasteiger partial charge in [-0.1, -0.05) is 6.92 Å². The highest BCUT2D eigenvalue weighted by Crippen LogP contribution is 2.28. The molecule has 3 nitrogen and oxygen atoms in total. The van der Waals surface area contributed by atoms with Gasteiger partial charge in [-0.2, -0.15) is 0 Å². The average molecular weight is 219 g/mol. The molecule has 0 spiro atoms. The number of nitrogens with two attached hydrogens (primary N) is 1. The molecule has 2 rings (SSSR count). The van der Waals surface area contributed by atoms with E-state index in [2.05, 4.69) is 29.8 Å². The number of nitrogens with zero attached hydrogens (tertiary/aromatic N) is 2. The number of aromatic nitrogens is 1. The van der Waals surface area contributed by atoms with Crippen molar-refractivity contribution >= 4 is 11.5 Å². The third-order valence-electron chi connectivity index (χ3n) is 3.80. The lowest BCUT2D eigenvalue weighted by molar-refractivity contribution is 0.361. The normalized spacial score (nSPS) is 25.8. The lowest BCUT2D eigenvalue weighted by Crippen LogP contribution is -2.42. The van der Waals surface area contributed by atoms with E-state index >= 15 is 0 Å². The van der Waals surface area contributed by atoms with Crippen LogP contribution in [0.5, 0.6) is 0 Å². The lowest BCUT2D eigenvalue weighted by Gasteiger charge is -2.38. The Balaban J connectivity index is 2.25. The molecule has 1 aliphatic heterocycles. The number of pyridine rings is 1. The van der Waals surface area contributed by atoms with Crippen molar-refractivity contribution in [3.8, 4) is 0 Å². The fourth-order valence-corrected chi connectivity index (χ4v) is 2.37. The number of anilines is 2. The Labute approximate surface area is 97.7 Å². The highest BCUT2D eigenvalue weighted by molar-refractivity contribution is 5.52. The van der Waals surface area contributed by atoms with Crippen molar-refractivity contribution in [1.29, 1.82) is 0 Å². The molecule has 2 unspecified atom stereocenters. The van der Waals surface area contributed by atoms with Crippen molar-refractivity contribution < 1.29 is 0 Å². The van der Waals surface area contributed by atoms with Gasteiger partial charge in [-0.3, -0.25) is 0 Å². The number of aryl methyl sites for hydroxylation is 1. The van der Waals surface area contributed by atoms with Gasteiger partial charge in [0.25, 0.3) is 0 Å². The Morgan fingerprint density at radius 2 is 2.19 bits per heavy atom. The molecular formula is C13H21N3. The molecule has 1 fully saturated rings. The molecular weight excluding hydrogens is 198 g/mol. The topological polar surface area (TPSA) is 42.2 Å². The number of rotatable bonds is 1. The second-order valence-corrected chi connectivity index (χ2v) is 4.95. The Kier molecular flexibility index (Phi) is 3.03. The monoisotopic (exact) mass is 219 g/mol. The van der Waals surface area contributed by atoms with Crippen LogP contribution in [0.2, 0.25) is 0 Å². The smallest absolute Gasteiger partial charge is 0.129 e. The molecule has 2 atom stereocenters. The minimum absolute atomic E-state index is 0.573. The summed E-state index contributed by atoms with van der Waals surface area (Å²) in [5, 5.41) is 0. The minimum atomic E-state index is 0.573. The summed E-state index contributed by atoms with van der Waals surface area (Å²) in [6, 6.07) is 2.67. The Hall–Kier alpha value is -1.25. The third kappa shape index (κ3) is 1.99. The molecule has 0 aliphatic carbocycles. The summed E-state index contributed by atoms with van der Waals surface area (Å²) < 4.78 is 0. The SMILES string of the molecule is Cc1cc(N2CCCC(C)C2C)ncc1N. The van der Waals surface area contributed by atoms with Crippen molar-refractivity contribution in [3.05, 3.63) is 17.8 Å². The predicted molar refractivity (Wildman–Crippen MR) is 68.6 cm³/mol. The molecule has 1 aromatic rings. The first kappa shape index (κ1) is 11.2. The highest BCUT2D eigenvalue weighted by Gasteiger charge is 2.25. The van der Waals surface area contributed by atoms with E-state index in [1.807, 2.05) is 6.92 Å². The first-order valence-electron chi connectivity index (χ1n) is 6.08. The molecule has 0 bridgehead atoms. The molecule has 0 aromatic carbocycles. The maximum Gasteiger partial charge on any atom is 0.129 e. The van der Waals surface area contributed by atoms with Gasteiger partial charge in [0.1, 0.15) is 5.82 Å².